The fourth-order valence-electron chi connectivity index (χ4n) is 2.56. The Bertz CT molecular complexity index is 547. The summed E-state index contributed by atoms with van der Waals surface area (Å²) < 4.78 is 12.9. The zero-order chi connectivity index (χ0) is 16.8. The monoisotopic (exact) mass is 337 g/mol. The van der Waals surface area contributed by atoms with Gasteiger partial charge in [-0.2, -0.15) is 0 Å². The molecule has 1 aliphatic rings. The average Bonchev–Trinajstić information content (AvgIpc) is 2.54. The molecule has 1 fully saturated rings. The van der Waals surface area contributed by atoms with E-state index in [-0.39, 0.29) is 17.6 Å². The van der Waals surface area contributed by atoms with Crippen LogP contribution in [0.15, 0.2) is 24.3 Å². The summed E-state index contributed by atoms with van der Waals surface area (Å²) in [5.74, 6) is 0.240. The molecule has 1 saturated heterocycles. The van der Waals surface area contributed by atoms with E-state index in [1.807, 2.05) is 4.90 Å². The van der Waals surface area contributed by atoms with E-state index in [0.29, 0.717) is 24.1 Å². The molecule has 2 rings (SSSR count). The zero-order valence-electron chi connectivity index (χ0n) is 13.6. The first-order valence-corrected chi connectivity index (χ1v) is 8.45. The minimum atomic E-state index is -0.277. The standard InChI is InChI=1S/C17H24FN3OS/c1-12(2)10-19-16(22)13-4-3-9-21(11-13)17(23)20-15-7-5-14(18)6-8-15/h5-8,12-13H,3-4,9-11H2,1-2H3,(H,19,22)(H,20,23). The average molecular weight is 337 g/mol. The molecule has 1 atom stereocenters. The number of nitrogens with one attached hydrogen (secondary N) is 2. The Balaban J connectivity index is 1.88. The number of thiocarbonyl (C=S) groups is 1. The third-order valence-electron chi connectivity index (χ3n) is 3.86. The van der Waals surface area contributed by atoms with Gasteiger partial charge in [0.15, 0.2) is 5.11 Å². The molecule has 0 aromatic heterocycles. The zero-order valence-corrected chi connectivity index (χ0v) is 14.5. The molecule has 0 radical (unpaired) electrons. The fourth-order valence-corrected chi connectivity index (χ4v) is 2.84. The van der Waals surface area contributed by atoms with E-state index in [1.165, 1.54) is 12.1 Å². The van der Waals surface area contributed by atoms with E-state index < -0.39 is 0 Å². The Morgan fingerprint density at radius 3 is 2.74 bits per heavy atom. The molecule has 1 heterocycles. The normalized spacial score (nSPS) is 17.9. The number of amides is 1. The maximum Gasteiger partial charge on any atom is 0.224 e. The van der Waals surface area contributed by atoms with Crippen molar-refractivity contribution in [1.82, 2.24) is 10.2 Å². The number of hydrogen-bond donors (Lipinski definition) is 2. The van der Waals surface area contributed by atoms with Gasteiger partial charge in [0.05, 0.1) is 5.92 Å². The largest absolute Gasteiger partial charge is 0.356 e. The van der Waals surface area contributed by atoms with E-state index in [2.05, 4.69) is 24.5 Å². The van der Waals surface area contributed by atoms with E-state index in [1.54, 1.807) is 12.1 Å². The number of hydrogen-bond acceptors (Lipinski definition) is 2. The molecule has 6 heteroatoms. The molecule has 23 heavy (non-hydrogen) atoms. The molecule has 4 nitrogen and oxygen atoms in total. The number of carbonyl (C=O) groups excluding carboxylic acids is 1. The molecule has 0 saturated carbocycles. The van der Waals surface area contributed by atoms with Crippen molar-refractivity contribution in [3.63, 3.8) is 0 Å². The van der Waals surface area contributed by atoms with Crippen molar-refractivity contribution in [1.29, 1.82) is 0 Å². The summed E-state index contributed by atoms with van der Waals surface area (Å²) in [6, 6.07) is 6.09. The molecule has 1 aromatic rings. The number of benzene rings is 1. The van der Waals surface area contributed by atoms with Gasteiger partial charge in [-0.25, -0.2) is 4.39 Å². The van der Waals surface area contributed by atoms with Crippen LogP contribution in [-0.4, -0.2) is 35.6 Å². The molecule has 0 aliphatic carbocycles. The Morgan fingerprint density at radius 2 is 2.09 bits per heavy atom. The number of halogens is 1. The van der Waals surface area contributed by atoms with Crippen molar-refractivity contribution in [3.05, 3.63) is 30.1 Å². The predicted octanol–water partition coefficient (Wildman–Crippen LogP) is 3.01. The highest BCUT2D eigenvalue weighted by atomic mass is 32.1. The third-order valence-corrected chi connectivity index (χ3v) is 4.22. The highest BCUT2D eigenvalue weighted by Gasteiger charge is 2.27. The molecule has 1 aromatic carbocycles. The molecule has 0 spiro atoms. The van der Waals surface area contributed by atoms with Gasteiger partial charge in [0, 0.05) is 25.3 Å². The van der Waals surface area contributed by atoms with Gasteiger partial charge in [-0.15, -0.1) is 0 Å². The second-order valence-electron chi connectivity index (χ2n) is 6.36. The van der Waals surface area contributed by atoms with Crippen molar-refractivity contribution >= 4 is 28.9 Å². The first kappa shape index (κ1) is 17.7. The van der Waals surface area contributed by atoms with E-state index in [0.717, 1.165) is 25.1 Å². The van der Waals surface area contributed by atoms with Gasteiger partial charge in [-0.1, -0.05) is 13.8 Å². The summed E-state index contributed by atoms with van der Waals surface area (Å²) in [6.07, 6.45) is 1.82. The first-order chi connectivity index (χ1) is 11.0. The van der Waals surface area contributed by atoms with Crippen molar-refractivity contribution < 1.29 is 9.18 Å². The Labute approximate surface area is 142 Å². The Kier molecular flexibility index (Phi) is 6.33. The minimum Gasteiger partial charge on any atom is -0.356 e. The molecule has 2 N–H and O–H groups in total. The van der Waals surface area contributed by atoms with Crippen molar-refractivity contribution in [2.45, 2.75) is 26.7 Å². The van der Waals surface area contributed by atoms with Gasteiger partial charge in [0.25, 0.3) is 0 Å². The highest BCUT2D eigenvalue weighted by Crippen LogP contribution is 2.18. The summed E-state index contributed by atoms with van der Waals surface area (Å²) in [5.41, 5.74) is 0.753. The molecular formula is C17H24FN3OS. The van der Waals surface area contributed by atoms with Gasteiger partial charge >= 0.3 is 0 Å². The smallest absolute Gasteiger partial charge is 0.224 e. The minimum absolute atomic E-state index is 0.0320. The number of rotatable bonds is 4. The molecule has 0 bridgehead atoms. The van der Waals surface area contributed by atoms with Crippen LogP contribution in [0.5, 0.6) is 0 Å². The number of carbonyl (C=O) groups is 1. The number of likely N-dealkylation sites (tertiary alicyclic amines) is 1. The van der Waals surface area contributed by atoms with Crippen molar-refractivity contribution in [2.24, 2.45) is 11.8 Å². The Hall–Kier alpha value is -1.69. The maximum absolute atomic E-state index is 12.9. The molecular weight excluding hydrogens is 313 g/mol. The van der Waals surface area contributed by atoms with Gasteiger partial charge in [-0.3, -0.25) is 4.79 Å². The highest BCUT2D eigenvalue weighted by molar-refractivity contribution is 7.80. The van der Waals surface area contributed by atoms with E-state index in [9.17, 15) is 9.18 Å². The van der Waals surface area contributed by atoms with Gasteiger partial charge < -0.3 is 15.5 Å². The lowest BCUT2D eigenvalue weighted by atomic mass is 9.97. The molecule has 126 valence electrons. The number of piperidine rings is 1. The van der Waals surface area contributed by atoms with Gasteiger partial charge in [0.1, 0.15) is 5.82 Å². The second kappa shape index (κ2) is 8.24. The van der Waals surface area contributed by atoms with Crippen LogP contribution in [0.4, 0.5) is 10.1 Å². The van der Waals surface area contributed by atoms with Crippen LogP contribution in [0.25, 0.3) is 0 Å². The number of nitrogens with zero attached hydrogens (tertiary/aromatic N) is 1. The molecule has 1 aliphatic heterocycles. The van der Waals surface area contributed by atoms with Crippen LogP contribution >= 0.6 is 12.2 Å². The van der Waals surface area contributed by atoms with E-state index in [4.69, 9.17) is 12.2 Å². The summed E-state index contributed by atoms with van der Waals surface area (Å²) in [6.45, 7) is 6.32. The van der Waals surface area contributed by atoms with Crippen molar-refractivity contribution in [2.75, 3.05) is 25.0 Å². The topological polar surface area (TPSA) is 44.4 Å². The first-order valence-electron chi connectivity index (χ1n) is 8.05. The maximum atomic E-state index is 12.9. The van der Waals surface area contributed by atoms with Crippen LogP contribution in [0.2, 0.25) is 0 Å². The SMILES string of the molecule is CC(C)CNC(=O)C1CCCN(C(=S)Nc2ccc(F)cc2)C1. The Morgan fingerprint density at radius 1 is 1.39 bits per heavy atom. The van der Waals surface area contributed by atoms with Gasteiger partial charge in [0.2, 0.25) is 5.91 Å². The van der Waals surface area contributed by atoms with Crippen LogP contribution < -0.4 is 10.6 Å². The van der Waals surface area contributed by atoms with Crippen LogP contribution in [0, 0.1) is 17.7 Å². The number of anilines is 1. The van der Waals surface area contributed by atoms with Crippen LogP contribution in [-0.2, 0) is 4.79 Å². The summed E-state index contributed by atoms with van der Waals surface area (Å²) in [4.78, 5) is 14.2. The van der Waals surface area contributed by atoms with Gasteiger partial charge in [-0.05, 0) is 55.2 Å². The lowest BCUT2D eigenvalue weighted by molar-refractivity contribution is -0.126. The second-order valence-corrected chi connectivity index (χ2v) is 6.75. The molecule has 1 amide bonds. The van der Waals surface area contributed by atoms with Crippen molar-refractivity contribution in [3.8, 4) is 0 Å². The lowest BCUT2D eigenvalue weighted by Crippen LogP contribution is -2.47. The molecule has 1 unspecified atom stereocenters. The quantitative estimate of drug-likeness (QED) is 0.829. The summed E-state index contributed by atoms with van der Waals surface area (Å²) >= 11 is 5.42. The summed E-state index contributed by atoms with van der Waals surface area (Å²) in [5, 5.41) is 6.69. The third kappa shape index (κ3) is 5.46. The fraction of sp³-hybridized carbons (Fsp3) is 0.529. The predicted molar refractivity (Wildman–Crippen MR) is 94.8 cm³/mol. The lowest BCUT2D eigenvalue weighted by Gasteiger charge is -2.34. The van der Waals surface area contributed by atoms with Crippen LogP contribution in [0.1, 0.15) is 26.7 Å². The van der Waals surface area contributed by atoms with Crippen LogP contribution in [0.3, 0.4) is 0 Å². The van der Waals surface area contributed by atoms with E-state index >= 15 is 0 Å². The summed E-state index contributed by atoms with van der Waals surface area (Å²) in [7, 11) is 0.